The SMILES string of the molecule is CCNc1cc(C(=O)N[C@@H](Cc2nccs2)[C@H](O)CNCc2cccc(OC)c2)cc(N2CCCCS2(=O)=O)c1.Cl. The van der Waals surface area contributed by atoms with E-state index in [1.165, 1.54) is 15.6 Å². The van der Waals surface area contributed by atoms with E-state index in [1.807, 2.05) is 36.6 Å². The smallest absolute Gasteiger partial charge is 0.251 e. The minimum Gasteiger partial charge on any atom is -0.497 e. The van der Waals surface area contributed by atoms with Gasteiger partial charge in [0.15, 0.2) is 0 Å². The molecule has 224 valence electrons. The van der Waals surface area contributed by atoms with Gasteiger partial charge in [0.1, 0.15) is 5.75 Å². The molecular weight excluding hydrogens is 586 g/mol. The fourth-order valence-electron chi connectivity index (χ4n) is 4.64. The van der Waals surface area contributed by atoms with Crippen molar-refractivity contribution < 1.29 is 23.1 Å². The van der Waals surface area contributed by atoms with E-state index < -0.39 is 28.1 Å². The molecule has 0 bridgehead atoms. The second kappa shape index (κ2) is 15.4. The number of carbonyl (C=O) groups excluding carboxylic acids is 1. The Labute approximate surface area is 252 Å². The number of amides is 1. The number of hydrogen-bond donors (Lipinski definition) is 4. The van der Waals surface area contributed by atoms with Crippen LogP contribution in [0.5, 0.6) is 5.75 Å². The summed E-state index contributed by atoms with van der Waals surface area (Å²) in [5.74, 6) is 0.444. The minimum absolute atomic E-state index is 0. The summed E-state index contributed by atoms with van der Waals surface area (Å²) in [6, 6.07) is 12.1. The first-order chi connectivity index (χ1) is 19.3. The van der Waals surface area contributed by atoms with E-state index in [0.29, 0.717) is 49.4 Å². The Morgan fingerprint density at radius 2 is 2.05 bits per heavy atom. The lowest BCUT2D eigenvalue weighted by molar-refractivity contribution is 0.0830. The molecule has 1 fully saturated rings. The number of aliphatic hydroxyl groups excluding tert-OH is 1. The maximum atomic E-state index is 13.5. The van der Waals surface area contributed by atoms with E-state index in [1.54, 1.807) is 31.5 Å². The van der Waals surface area contributed by atoms with Crippen molar-refractivity contribution in [2.75, 3.05) is 42.1 Å². The van der Waals surface area contributed by atoms with Gasteiger partial charge < -0.3 is 25.8 Å². The summed E-state index contributed by atoms with van der Waals surface area (Å²) in [5, 5.41) is 23.2. The maximum absolute atomic E-state index is 13.5. The van der Waals surface area contributed by atoms with Crippen LogP contribution in [0.4, 0.5) is 11.4 Å². The zero-order chi connectivity index (χ0) is 28.5. The maximum Gasteiger partial charge on any atom is 0.251 e. The number of ether oxygens (including phenoxy) is 1. The second-order valence-corrected chi connectivity index (χ2v) is 12.6. The largest absolute Gasteiger partial charge is 0.497 e. The Kier molecular flexibility index (Phi) is 12.2. The normalized spacial score (nSPS) is 15.8. The number of sulfonamides is 1. The summed E-state index contributed by atoms with van der Waals surface area (Å²) in [5.41, 5.74) is 2.44. The molecule has 1 saturated heterocycles. The Morgan fingerprint density at radius 3 is 2.76 bits per heavy atom. The third-order valence-electron chi connectivity index (χ3n) is 6.67. The molecule has 4 rings (SSSR count). The molecule has 0 spiro atoms. The first-order valence-electron chi connectivity index (χ1n) is 13.4. The number of carbonyl (C=O) groups is 1. The number of thiazole rings is 1. The Morgan fingerprint density at radius 1 is 1.22 bits per heavy atom. The van der Waals surface area contributed by atoms with Crippen molar-refractivity contribution in [1.29, 1.82) is 0 Å². The van der Waals surface area contributed by atoms with Gasteiger partial charge in [0.05, 0.1) is 35.7 Å². The van der Waals surface area contributed by atoms with Crippen LogP contribution < -0.4 is 25.0 Å². The van der Waals surface area contributed by atoms with Gasteiger partial charge in [-0.1, -0.05) is 12.1 Å². The highest BCUT2D eigenvalue weighted by Crippen LogP contribution is 2.28. The number of methoxy groups -OCH3 is 1. The number of halogens is 1. The highest BCUT2D eigenvalue weighted by atomic mass is 35.5. The Bertz CT molecular complexity index is 1370. The fraction of sp³-hybridized carbons (Fsp3) is 0.429. The van der Waals surface area contributed by atoms with Gasteiger partial charge in [0.25, 0.3) is 5.91 Å². The molecule has 2 heterocycles. The van der Waals surface area contributed by atoms with Crippen molar-refractivity contribution in [2.24, 2.45) is 0 Å². The van der Waals surface area contributed by atoms with Crippen LogP contribution in [-0.4, -0.2) is 69.1 Å². The summed E-state index contributed by atoms with van der Waals surface area (Å²) in [6.45, 7) is 3.68. The van der Waals surface area contributed by atoms with Crippen molar-refractivity contribution in [3.05, 3.63) is 70.2 Å². The zero-order valence-electron chi connectivity index (χ0n) is 23.2. The molecular formula is C28H38ClN5O5S2. The van der Waals surface area contributed by atoms with Crippen LogP contribution in [0.25, 0.3) is 0 Å². The minimum atomic E-state index is -3.45. The van der Waals surface area contributed by atoms with Crippen LogP contribution in [0.15, 0.2) is 54.0 Å². The summed E-state index contributed by atoms with van der Waals surface area (Å²) in [7, 11) is -1.83. The average molecular weight is 624 g/mol. The van der Waals surface area contributed by atoms with E-state index in [9.17, 15) is 18.3 Å². The number of aliphatic hydroxyl groups is 1. The molecule has 0 unspecified atom stereocenters. The van der Waals surface area contributed by atoms with Crippen molar-refractivity contribution in [1.82, 2.24) is 15.6 Å². The molecule has 3 aromatic rings. The predicted octanol–water partition coefficient (Wildman–Crippen LogP) is 3.43. The van der Waals surface area contributed by atoms with E-state index in [2.05, 4.69) is 20.9 Å². The third-order valence-corrected chi connectivity index (χ3v) is 9.35. The van der Waals surface area contributed by atoms with Crippen molar-refractivity contribution in [3.63, 3.8) is 0 Å². The molecule has 0 aliphatic carbocycles. The average Bonchev–Trinajstić information content (AvgIpc) is 3.45. The molecule has 1 aliphatic heterocycles. The molecule has 2 aromatic carbocycles. The fourth-order valence-corrected chi connectivity index (χ4v) is 6.94. The van der Waals surface area contributed by atoms with E-state index in [-0.39, 0.29) is 24.7 Å². The van der Waals surface area contributed by atoms with Crippen LogP contribution in [-0.2, 0) is 23.0 Å². The summed E-state index contributed by atoms with van der Waals surface area (Å²) < 4.78 is 32.2. The molecule has 1 amide bonds. The summed E-state index contributed by atoms with van der Waals surface area (Å²) in [4.78, 5) is 17.9. The third kappa shape index (κ3) is 9.04. The molecule has 1 aromatic heterocycles. The number of nitrogens with zero attached hydrogens (tertiary/aromatic N) is 2. The number of rotatable bonds is 13. The molecule has 0 saturated carbocycles. The van der Waals surface area contributed by atoms with E-state index in [4.69, 9.17) is 4.74 Å². The lowest BCUT2D eigenvalue weighted by atomic mass is 10.1. The van der Waals surface area contributed by atoms with Crippen LogP contribution >= 0.6 is 23.7 Å². The lowest BCUT2D eigenvalue weighted by Gasteiger charge is -2.29. The monoisotopic (exact) mass is 623 g/mol. The summed E-state index contributed by atoms with van der Waals surface area (Å²) >= 11 is 1.46. The number of aromatic nitrogens is 1. The zero-order valence-corrected chi connectivity index (χ0v) is 25.7. The van der Waals surface area contributed by atoms with Gasteiger partial charge >= 0.3 is 0 Å². The highest BCUT2D eigenvalue weighted by Gasteiger charge is 2.28. The molecule has 0 radical (unpaired) electrons. The van der Waals surface area contributed by atoms with Gasteiger partial charge in [-0.2, -0.15) is 0 Å². The topological polar surface area (TPSA) is 133 Å². The van der Waals surface area contributed by atoms with Crippen LogP contribution in [0.3, 0.4) is 0 Å². The number of anilines is 2. The van der Waals surface area contributed by atoms with Crippen molar-refractivity contribution in [3.8, 4) is 5.75 Å². The van der Waals surface area contributed by atoms with Gasteiger partial charge in [0.2, 0.25) is 10.0 Å². The molecule has 1 aliphatic rings. The molecule has 13 heteroatoms. The van der Waals surface area contributed by atoms with Gasteiger partial charge in [-0.15, -0.1) is 23.7 Å². The number of benzene rings is 2. The van der Waals surface area contributed by atoms with Gasteiger partial charge in [-0.3, -0.25) is 9.10 Å². The quantitative estimate of drug-likeness (QED) is 0.228. The molecule has 10 nitrogen and oxygen atoms in total. The van der Waals surface area contributed by atoms with Gasteiger partial charge in [-0.05, 0) is 55.7 Å². The van der Waals surface area contributed by atoms with Gasteiger partial charge in [-0.25, -0.2) is 13.4 Å². The standard InChI is InChI=1S/C28H37N5O5S2.ClH/c1-3-30-22-14-21(15-23(16-22)33-10-4-5-12-40(33,36)37)28(35)32-25(17-27-31-9-11-39-27)26(34)19-29-18-20-7-6-8-24(13-20)38-2;/h6-9,11,13-16,25-26,29-30,34H,3-5,10,12,17-19H2,1-2H3,(H,32,35);1H/t25-,26+;/m0./s1. The molecule has 41 heavy (non-hydrogen) atoms. The molecule has 4 N–H and O–H groups in total. The molecule has 2 atom stereocenters. The highest BCUT2D eigenvalue weighted by molar-refractivity contribution is 7.92. The van der Waals surface area contributed by atoms with Gasteiger partial charge in [0, 0.05) is 55.4 Å². The van der Waals surface area contributed by atoms with Crippen molar-refractivity contribution >= 4 is 51.0 Å². The Balaban J connectivity index is 0.00000462. The predicted molar refractivity (Wildman–Crippen MR) is 166 cm³/mol. The van der Waals surface area contributed by atoms with E-state index >= 15 is 0 Å². The first-order valence-corrected chi connectivity index (χ1v) is 15.9. The lowest BCUT2D eigenvalue weighted by Crippen LogP contribution is -2.48. The van der Waals surface area contributed by atoms with E-state index in [0.717, 1.165) is 22.7 Å². The Hall–Kier alpha value is -2.90. The number of nitrogens with one attached hydrogen (secondary N) is 3. The van der Waals surface area contributed by atoms with Crippen LogP contribution in [0.2, 0.25) is 0 Å². The van der Waals surface area contributed by atoms with Crippen LogP contribution in [0, 0.1) is 0 Å². The summed E-state index contributed by atoms with van der Waals surface area (Å²) in [6.07, 6.45) is 2.53. The second-order valence-electron chi connectivity index (χ2n) is 9.65. The number of hydrogen-bond acceptors (Lipinski definition) is 9. The van der Waals surface area contributed by atoms with Crippen molar-refractivity contribution in [2.45, 2.75) is 44.9 Å². The first kappa shape index (κ1) is 32.6. The van der Waals surface area contributed by atoms with Crippen LogP contribution in [0.1, 0.15) is 40.7 Å².